The lowest BCUT2D eigenvalue weighted by Crippen LogP contribution is -3.12. The van der Waals surface area contributed by atoms with Crippen molar-refractivity contribution >= 4 is 11.6 Å². The van der Waals surface area contributed by atoms with Crippen LogP contribution in [0.5, 0.6) is 5.75 Å². The number of carbonyl (C=O) groups is 1. The third kappa shape index (κ3) is 5.31. The van der Waals surface area contributed by atoms with E-state index in [1.165, 1.54) is 12.1 Å². The Morgan fingerprint density at radius 3 is 2.33 bits per heavy atom. The van der Waals surface area contributed by atoms with Gasteiger partial charge in [0.25, 0.3) is 5.91 Å². The Labute approximate surface area is 140 Å². The summed E-state index contributed by atoms with van der Waals surface area (Å²) >= 11 is 0. The summed E-state index contributed by atoms with van der Waals surface area (Å²) in [4.78, 5) is 13.3. The predicted molar refractivity (Wildman–Crippen MR) is 88.2 cm³/mol. The molecule has 0 aliphatic rings. The smallest absolute Gasteiger partial charge is 0.387 e. The lowest BCUT2D eigenvalue weighted by molar-refractivity contribution is -0.907. The molecule has 24 heavy (non-hydrogen) atoms. The third-order valence-corrected chi connectivity index (χ3v) is 3.81. The number of carbonyl (C=O) groups excluding carboxylic acids is 1. The largest absolute Gasteiger partial charge is 0.435 e. The van der Waals surface area contributed by atoms with Crippen molar-refractivity contribution in [1.82, 2.24) is 0 Å². The fraction of sp³-hybridized carbons (Fsp3) is 0.278. The maximum absolute atomic E-state index is 12.3. The van der Waals surface area contributed by atoms with E-state index in [0.717, 1.165) is 16.2 Å². The number of rotatable bonds is 7. The van der Waals surface area contributed by atoms with Gasteiger partial charge in [-0.05, 0) is 43.3 Å². The standard InChI is InChI=1S/C18H20F2N2O2/c1-13(17(23)21-15-6-4-3-5-7-15)22(2)12-14-8-10-16(11-9-14)24-18(19)20/h3-11,13,18H,12H2,1-2H3,(H,21,23)/p+1/t13-/m0/s1. The average molecular weight is 335 g/mol. The van der Waals surface area contributed by atoms with Gasteiger partial charge in [-0.2, -0.15) is 8.78 Å². The van der Waals surface area contributed by atoms with Crippen LogP contribution in [-0.4, -0.2) is 25.6 Å². The van der Waals surface area contributed by atoms with E-state index in [1.54, 1.807) is 12.1 Å². The maximum atomic E-state index is 12.3. The van der Waals surface area contributed by atoms with E-state index in [0.29, 0.717) is 6.54 Å². The van der Waals surface area contributed by atoms with Gasteiger partial charge >= 0.3 is 6.61 Å². The van der Waals surface area contributed by atoms with Crippen LogP contribution in [0.4, 0.5) is 14.5 Å². The van der Waals surface area contributed by atoms with E-state index in [-0.39, 0.29) is 17.7 Å². The second-order valence-corrected chi connectivity index (χ2v) is 5.62. The normalized spacial score (nSPS) is 13.4. The van der Waals surface area contributed by atoms with Crippen LogP contribution >= 0.6 is 0 Å². The number of anilines is 1. The Morgan fingerprint density at radius 2 is 1.75 bits per heavy atom. The van der Waals surface area contributed by atoms with Gasteiger partial charge in [-0.25, -0.2) is 0 Å². The monoisotopic (exact) mass is 335 g/mol. The van der Waals surface area contributed by atoms with Crippen molar-refractivity contribution in [3.8, 4) is 5.75 Å². The molecule has 0 bridgehead atoms. The Bertz CT molecular complexity index is 648. The highest BCUT2D eigenvalue weighted by Crippen LogP contribution is 2.14. The second-order valence-electron chi connectivity index (χ2n) is 5.62. The molecule has 2 N–H and O–H groups in total. The highest BCUT2D eigenvalue weighted by Gasteiger charge is 2.22. The number of ether oxygens (including phenoxy) is 1. The summed E-state index contributed by atoms with van der Waals surface area (Å²) < 4.78 is 28.6. The van der Waals surface area contributed by atoms with Crippen LogP contribution in [0.15, 0.2) is 54.6 Å². The first-order chi connectivity index (χ1) is 11.5. The Morgan fingerprint density at radius 1 is 1.12 bits per heavy atom. The van der Waals surface area contributed by atoms with Crippen LogP contribution in [0.25, 0.3) is 0 Å². The minimum Gasteiger partial charge on any atom is -0.435 e. The number of hydrogen-bond donors (Lipinski definition) is 2. The van der Waals surface area contributed by atoms with E-state index < -0.39 is 6.61 Å². The second kappa shape index (κ2) is 8.40. The Kier molecular flexibility index (Phi) is 6.26. The summed E-state index contributed by atoms with van der Waals surface area (Å²) in [5, 5.41) is 2.88. The van der Waals surface area contributed by atoms with Crippen LogP contribution in [0, 0.1) is 0 Å². The zero-order chi connectivity index (χ0) is 17.5. The summed E-state index contributed by atoms with van der Waals surface area (Å²) in [7, 11) is 1.92. The van der Waals surface area contributed by atoms with Gasteiger partial charge in [0.05, 0.1) is 7.05 Å². The van der Waals surface area contributed by atoms with Crippen molar-refractivity contribution in [2.75, 3.05) is 12.4 Å². The van der Waals surface area contributed by atoms with E-state index in [9.17, 15) is 13.6 Å². The van der Waals surface area contributed by atoms with Gasteiger partial charge < -0.3 is 15.0 Å². The molecule has 0 heterocycles. The highest BCUT2D eigenvalue weighted by atomic mass is 19.3. The summed E-state index contributed by atoms with van der Waals surface area (Å²) in [5.74, 6) is 0.0534. The van der Waals surface area contributed by atoms with Gasteiger partial charge in [0.2, 0.25) is 0 Å². The summed E-state index contributed by atoms with van der Waals surface area (Å²) in [6.45, 7) is -0.383. The van der Waals surface area contributed by atoms with Crippen LogP contribution < -0.4 is 15.0 Å². The fourth-order valence-corrected chi connectivity index (χ4v) is 2.26. The van der Waals surface area contributed by atoms with Crippen molar-refractivity contribution in [3.63, 3.8) is 0 Å². The minimum absolute atomic E-state index is 0.0728. The molecule has 0 spiro atoms. The minimum atomic E-state index is -2.83. The number of likely N-dealkylation sites (N-methyl/N-ethyl adjacent to an activating group) is 1. The maximum Gasteiger partial charge on any atom is 0.387 e. The summed E-state index contributed by atoms with van der Waals surface area (Å²) in [5.41, 5.74) is 1.70. The van der Waals surface area contributed by atoms with E-state index >= 15 is 0 Å². The van der Waals surface area contributed by atoms with Gasteiger partial charge in [0, 0.05) is 11.3 Å². The number of nitrogens with one attached hydrogen (secondary N) is 2. The molecule has 0 radical (unpaired) electrons. The molecular formula is C18H21F2N2O2+. The molecule has 0 aromatic heterocycles. The molecule has 128 valence electrons. The lowest BCUT2D eigenvalue weighted by Gasteiger charge is -2.21. The molecule has 0 aliphatic heterocycles. The van der Waals surface area contributed by atoms with Crippen molar-refractivity contribution in [2.45, 2.75) is 26.1 Å². The number of hydrogen-bond acceptors (Lipinski definition) is 2. The number of quaternary nitrogens is 1. The molecule has 6 heteroatoms. The Balaban J connectivity index is 1.90. The molecule has 2 aromatic carbocycles. The number of benzene rings is 2. The van der Waals surface area contributed by atoms with Gasteiger partial charge in [-0.1, -0.05) is 18.2 Å². The number of para-hydroxylation sites is 1. The van der Waals surface area contributed by atoms with Crippen LogP contribution in [0.2, 0.25) is 0 Å². The SMILES string of the molecule is C[C@@H](C(=O)Nc1ccccc1)[NH+](C)Cc1ccc(OC(F)F)cc1. The van der Waals surface area contributed by atoms with Crippen molar-refractivity contribution in [1.29, 1.82) is 0 Å². The van der Waals surface area contributed by atoms with E-state index in [1.807, 2.05) is 44.3 Å². The van der Waals surface area contributed by atoms with Crippen LogP contribution in [0.1, 0.15) is 12.5 Å². The fourth-order valence-electron chi connectivity index (χ4n) is 2.26. The zero-order valence-electron chi connectivity index (χ0n) is 13.6. The molecule has 0 aliphatic carbocycles. The van der Waals surface area contributed by atoms with Gasteiger partial charge in [0.1, 0.15) is 12.3 Å². The van der Waals surface area contributed by atoms with Gasteiger partial charge in [0.15, 0.2) is 6.04 Å². The number of halogens is 2. The Hall–Kier alpha value is -2.47. The number of alkyl halides is 2. The first kappa shape index (κ1) is 17.9. The quantitative estimate of drug-likeness (QED) is 0.816. The topological polar surface area (TPSA) is 42.8 Å². The molecule has 0 saturated heterocycles. The molecule has 2 rings (SSSR count). The summed E-state index contributed by atoms with van der Waals surface area (Å²) in [6, 6.07) is 15.5. The van der Waals surface area contributed by atoms with Gasteiger partial charge in [-0.3, -0.25) is 4.79 Å². The van der Waals surface area contributed by atoms with E-state index in [2.05, 4.69) is 10.1 Å². The van der Waals surface area contributed by atoms with Crippen LogP contribution in [0.3, 0.4) is 0 Å². The summed E-state index contributed by atoms with van der Waals surface area (Å²) in [6.07, 6.45) is 0. The molecule has 1 amide bonds. The molecule has 1 unspecified atom stereocenters. The molecule has 2 aromatic rings. The van der Waals surface area contributed by atoms with Crippen LogP contribution in [-0.2, 0) is 11.3 Å². The van der Waals surface area contributed by atoms with Crippen molar-refractivity contribution < 1.29 is 23.2 Å². The molecule has 2 atom stereocenters. The third-order valence-electron chi connectivity index (χ3n) is 3.81. The van der Waals surface area contributed by atoms with Crippen molar-refractivity contribution in [3.05, 3.63) is 60.2 Å². The zero-order valence-corrected chi connectivity index (χ0v) is 13.6. The number of amides is 1. The molecule has 0 fully saturated rings. The first-order valence-electron chi connectivity index (χ1n) is 7.67. The van der Waals surface area contributed by atoms with Gasteiger partial charge in [-0.15, -0.1) is 0 Å². The predicted octanol–water partition coefficient (Wildman–Crippen LogP) is 2.33. The average Bonchev–Trinajstić information content (AvgIpc) is 2.56. The highest BCUT2D eigenvalue weighted by molar-refractivity contribution is 5.93. The lowest BCUT2D eigenvalue weighted by atomic mass is 10.1. The molecule has 4 nitrogen and oxygen atoms in total. The molecule has 0 saturated carbocycles. The van der Waals surface area contributed by atoms with Crippen molar-refractivity contribution in [2.24, 2.45) is 0 Å². The first-order valence-corrected chi connectivity index (χ1v) is 7.67. The molecular weight excluding hydrogens is 314 g/mol. The van der Waals surface area contributed by atoms with E-state index in [4.69, 9.17) is 0 Å².